The molecule has 0 heterocycles. The number of methoxy groups -OCH3 is 3. The largest absolute Gasteiger partial charge is 0.497 e. The van der Waals surface area contributed by atoms with Gasteiger partial charge in [-0.05, 0) is 42.3 Å². The number of benzene rings is 2. The Hall–Kier alpha value is -2.78. The number of sulfonamides is 1. The van der Waals surface area contributed by atoms with Gasteiger partial charge in [0.05, 0.1) is 27.1 Å². The molecule has 0 atom stereocenters. The summed E-state index contributed by atoms with van der Waals surface area (Å²) in [6.07, 6.45) is 0.536. The average molecular weight is 423 g/mol. The second-order valence-corrected chi connectivity index (χ2v) is 8.07. The van der Waals surface area contributed by atoms with Gasteiger partial charge < -0.3 is 19.5 Å². The molecule has 2 aromatic rings. The molecule has 0 aliphatic carbocycles. The van der Waals surface area contributed by atoms with Crippen molar-refractivity contribution in [2.45, 2.75) is 6.42 Å². The maximum absolute atomic E-state index is 12.2. The van der Waals surface area contributed by atoms with Crippen LogP contribution in [-0.2, 0) is 16.4 Å². The zero-order valence-corrected chi connectivity index (χ0v) is 17.5. The van der Waals surface area contributed by atoms with Crippen molar-refractivity contribution in [2.24, 2.45) is 0 Å². The quantitative estimate of drug-likeness (QED) is 0.570. The van der Waals surface area contributed by atoms with Crippen LogP contribution >= 0.6 is 0 Å². The Morgan fingerprint density at radius 1 is 0.931 bits per heavy atom. The molecule has 0 aromatic heterocycles. The van der Waals surface area contributed by atoms with Gasteiger partial charge in [-0.1, -0.05) is 12.1 Å². The molecule has 2 rings (SSSR count). The molecule has 0 aliphatic rings. The smallest absolute Gasteiger partial charge is 0.251 e. The van der Waals surface area contributed by atoms with E-state index in [9.17, 15) is 13.2 Å². The summed E-state index contributed by atoms with van der Waals surface area (Å²) in [5.41, 5.74) is 1.32. The van der Waals surface area contributed by atoms with Crippen LogP contribution < -0.4 is 24.2 Å². The number of hydrogen-bond acceptors (Lipinski definition) is 6. The minimum Gasteiger partial charge on any atom is -0.497 e. The maximum atomic E-state index is 12.2. The third-order valence-electron chi connectivity index (χ3n) is 4.17. The molecule has 158 valence electrons. The summed E-state index contributed by atoms with van der Waals surface area (Å²) in [5, 5.41) is 2.60. The van der Waals surface area contributed by atoms with E-state index in [-0.39, 0.29) is 18.8 Å². The molecule has 0 aliphatic heterocycles. The molecule has 29 heavy (non-hydrogen) atoms. The molecular formula is C20H26N2O6S. The third kappa shape index (κ3) is 6.95. The van der Waals surface area contributed by atoms with E-state index in [1.54, 1.807) is 19.2 Å². The minimum atomic E-state index is -3.51. The summed E-state index contributed by atoms with van der Waals surface area (Å²) in [5.74, 6) is 1.05. The Bertz CT molecular complexity index is 930. The Balaban J connectivity index is 1.80. The van der Waals surface area contributed by atoms with Gasteiger partial charge in [-0.2, -0.15) is 0 Å². The van der Waals surface area contributed by atoms with Crippen LogP contribution in [-0.4, -0.2) is 54.5 Å². The van der Waals surface area contributed by atoms with Crippen molar-refractivity contribution in [3.63, 3.8) is 0 Å². The van der Waals surface area contributed by atoms with Gasteiger partial charge in [0.25, 0.3) is 5.91 Å². The van der Waals surface area contributed by atoms with Crippen LogP contribution in [0.15, 0.2) is 42.5 Å². The molecule has 2 aromatic carbocycles. The van der Waals surface area contributed by atoms with Gasteiger partial charge in [0, 0.05) is 18.7 Å². The van der Waals surface area contributed by atoms with Crippen molar-refractivity contribution < 1.29 is 27.4 Å². The van der Waals surface area contributed by atoms with Gasteiger partial charge >= 0.3 is 0 Å². The lowest BCUT2D eigenvalue weighted by molar-refractivity contribution is 0.0955. The van der Waals surface area contributed by atoms with Crippen LogP contribution in [0, 0.1) is 0 Å². The molecule has 0 bridgehead atoms. The van der Waals surface area contributed by atoms with Crippen LogP contribution in [0.3, 0.4) is 0 Å². The Kier molecular flexibility index (Phi) is 8.29. The van der Waals surface area contributed by atoms with E-state index < -0.39 is 15.9 Å². The zero-order valence-electron chi connectivity index (χ0n) is 16.7. The zero-order chi connectivity index (χ0) is 21.3. The van der Waals surface area contributed by atoms with Crippen LogP contribution in [0.25, 0.3) is 0 Å². The maximum Gasteiger partial charge on any atom is 0.251 e. The highest BCUT2D eigenvalue weighted by atomic mass is 32.2. The van der Waals surface area contributed by atoms with E-state index in [0.29, 0.717) is 23.5 Å². The van der Waals surface area contributed by atoms with Crippen LogP contribution in [0.4, 0.5) is 0 Å². The highest BCUT2D eigenvalue weighted by molar-refractivity contribution is 7.89. The monoisotopic (exact) mass is 422 g/mol. The van der Waals surface area contributed by atoms with E-state index in [0.717, 1.165) is 11.3 Å². The minimum absolute atomic E-state index is 0.0122. The molecule has 0 fully saturated rings. The van der Waals surface area contributed by atoms with Crippen LogP contribution in [0.5, 0.6) is 17.2 Å². The first kappa shape index (κ1) is 22.5. The van der Waals surface area contributed by atoms with Crippen molar-refractivity contribution in [3.05, 3.63) is 53.6 Å². The molecule has 0 saturated carbocycles. The standard InChI is InChI=1S/C20H26N2O6S/c1-26-17-6-4-5-15(13-17)9-10-22-29(24,25)12-11-21-20(23)16-7-8-18(27-2)19(14-16)28-3/h4-8,13-14,22H,9-12H2,1-3H3,(H,21,23). The topological polar surface area (TPSA) is 103 Å². The Labute approximate surface area is 171 Å². The molecular weight excluding hydrogens is 396 g/mol. The van der Waals surface area contributed by atoms with Gasteiger partial charge in [-0.3, -0.25) is 4.79 Å². The number of carbonyl (C=O) groups excluding carboxylic acids is 1. The van der Waals surface area contributed by atoms with E-state index in [1.807, 2.05) is 24.3 Å². The molecule has 0 spiro atoms. The summed E-state index contributed by atoms with van der Waals surface area (Å²) in [4.78, 5) is 12.2. The summed E-state index contributed by atoms with van der Waals surface area (Å²) in [7, 11) is 1.05. The second-order valence-electron chi connectivity index (χ2n) is 6.14. The van der Waals surface area contributed by atoms with Gasteiger partial charge in [-0.25, -0.2) is 13.1 Å². The van der Waals surface area contributed by atoms with Crippen LogP contribution in [0.1, 0.15) is 15.9 Å². The lowest BCUT2D eigenvalue weighted by Gasteiger charge is -2.11. The number of nitrogens with one attached hydrogen (secondary N) is 2. The van der Waals surface area contributed by atoms with E-state index in [1.165, 1.54) is 20.3 Å². The lowest BCUT2D eigenvalue weighted by atomic mass is 10.1. The summed E-state index contributed by atoms with van der Waals surface area (Å²) in [6, 6.07) is 12.2. The third-order valence-corrected chi connectivity index (χ3v) is 5.56. The first-order valence-corrected chi connectivity index (χ1v) is 10.6. The SMILES string of the molecule is COc1cccc(CCNS(=O)(=O)CCNC(=O)c2ccc(OC)c(OC)c2)c1. The predicted octanol–water partition coefficient (Wildman–Crippen LogP) is 1.60. The normalized spacial score (nSPS) is 11.0. The van der Waals surface area contributed by atoms with Crippen molar-refractivity contribution in [3.8, 4) is 17.2 Å². The molecule has 2 N–H and O–H groups in total. The number of carbonyl (C=O) groups is 1. The molecule has 8 nitrogen and oxygen atoms in total. The fourth-order valence-electron chi connectivity index (χ4n) is 2.63. The summed E-state index contributed by atoms with van der Waals surface area (Å²) >= 11 is 0. The summed E-state index contributed by atoms with van der Waals surface area (Å²) < 4.78 is 42.2. The Morgan fingerprint density at radius 3 is 2.38 bits per heavy atom. The van der Waals surface area contributed by atoms with E-state index in [2.05, 4.69) is 10.0 Å². The number of amides is 1. The molecule has 0 radical (unpaired) electrons. The first-order valence-electron chi connectivity index (χ1n) is 8.99. The van der Waals surface area contributed by atoms with E-state index in [4.69, 9.17) is 14.2 Å². The van der Waals surface area contributed by atoms with Crippen molar-refractivity contribution in [1.82, 2.24) is 10.0 Å². The predicted molar refractivity (Wildman–Crippen MR) is 110 cm³/mol. The Morgan fingerprint density at radius 2 is 1.69 bits per heavy atom. The lowest BCUT2D eigenvalue weighted by Crippen LogP contribution is -2.35. The summed E-state index contributed by atoms with van der Waals surface area (Å²) in [6.45, 7) is 0.251. The van der Waals surface area contributed by atoms with Gasteiger partial charge in [-0.15, -0.1) is 0 Å². The van der Waals surface area contributed by atoms with E-state index >= 15 is 0 Å². The van der Waals surface area contributed by atoms with Crippen molar-refractivity contribution in [1.29, 1.82) is 0 Å². The molecule has 0 unspecified atom stereocenters. The number of hydrogen-bond donors (Lipinski definition) is 2. The number of ether oxygens (including phenoxy) is 3. The fraction of sp³-hybridized carbons (Fsp3) is 0.350. The molecule has 1 amide bonds. The average Bonchev–Trinajstić information content (AvgIpc) is 2.73. The molecule has 0 saturated heterocycles. The van der Waals surface area contributed by atoms with Gasteiger partial charge in [0.2, 0.25) is 10.0 Å². The highest BCUT2D eigenvalue weighted by Gasteiger charge is 2.13. The first-order chi connectivity index (χ1) is 13.9. The van der Waals surface area contributed by atoms with Gasteiger partial charge in [0.15, 0.2) is 11.5 Å². The second kappa shape index (κ2) is 10.7. The van der Waals surface area contributed by atoms with Crippen molar-refractivity contribution >= 4 is 15.9 Å². The molecule has 9 heteroatoms. The van der Waals surface area contributed by atoms with Gasteiger partial charge in [0.1, 0.15) is 5.75 Å². The van der Waals surface area contributed by atoms with Crippen molar-refractivity contribution in [2.75, 3.05) is 40.2 Å². The number of rotatable bonds is 11. The fourth-order valence-corrected chi connectivity index (χ4v) is 3.56. The highest BCUT2D eigenvalue weighted by Crippen LogP contribution is 2.27. The van der Waals surface area contributed by atoms with Crippen LogP contribution in [0.2, 0.25) is 0 Å².